The average molecular weight is 714 g/mol. The second-order valence-corrected chi connectivity index (χ2v) is 19.7. The monoisotopic (exact) mass is 713 g/mol. The van der Waals surface area contributed by atoms with Crippen molar-refractivity contribution in [2.45, 2.75) is 124 Å². The first-order chi connectivity index (χ1) is 24.6. The van der Waals surface area contributed by atoms with Gasteiger partial charge in [0.25, 0.3) is 0 Å². The molecule has 3 saturated carbocycles. The highest BCUT2D eigenvalue weighted by Crippen LogP contribution is 2.75. The molecular weight excluding hydrogens is 651 g/mol. The zero-order chi connectivity index (χ0) is 36.9. The third-order valence-electron chi connectivity index (χ3n) is 17.0. The largest absolute Gasteiger partial charge is 0.481 e. The van der Waals surface area contributed by atoms with Crippen molar-refractivity contribution in [2.75, 3.05) is 26.4 Å². The van der Waals surface area contributed by atoms with Crippen molar-refractivity contribution >= 4 is 5.97 Å². The number of pyridine rings is 1. The summed E-state index contributed by atoms with van der Waals surface area (Å²) in [6.07, 6.45) is 15.9. The highest BCUT2D eigenvalue weighted by atomic mass is 16.5. The van der Waals surface area contributed by atoms with Crippen LogP contribution in [0.5, 0.6) is 0 Å². The van der Waals surface area contributed by atoms with Gasteiger partial charge >= 0.3 is 5.97 Å². The summed E-state index contributed by atoms with van der Waals surface area (Å²) in [6.45, 7) is 21.7. The number of rotatable bonds is 8. The second kappa shape index (κ2) is 12.5. The van der Waals surface area contributed by atoms with E-state index >= 15 is 0 Å². The van der Waals surface area contributed by atoms with Gasteiger partial charge in [-0.05, 0) is 117 Å². The van der Waals surface area contributed by atoms with Crippen molar-refractivity contribution in [1.82, 2.24) is 25.1 Å². The zero-order valence-electron chi connectivity index (χ0n) is 33.0. The fourth-order valence-electron chi connectivity index (χ4n) is 13.7. The first-order valence-electron chi connectivity index (χ1n) is 20.3. The van der Waals surface area contributed by atoms with Gasteiger partial charge in [-0.2, -0.15) is 5.10 Å². The van der Waals surface area contributed by atoms with E-state index in [0.29, 0.717) is 43.5 Å². The maximum Gasteiger partial charge on any atom is 0.307 e. The van der Waals surface area contributed by atoms with Crippen LogP contribution in [-0.4, -0.2) is 68.8 Å². The molecule has 2 aromatic rings. The van der Waals surface area contributed by atoms with Gasteiger partial charge in [0.15, 0.2) is 5.82 Å². The SMILES string of the molecule is CC(C)[C@@H](C)[C@@]1(C)CC[C@]2(C)[C@H]3CC[C@H]4C5(C)COC[C@@]4(C[C@@H](n4ncnc4-c4ccncc4)[C@@H]5OC[C@@]4(C)CCCN4)C3=CC[C@@]2(C)[C@@H]1C(=O)O. The molecule has 2 N–H and O–H groups in total. The number of nitrogens with zero attached hydrogens (tertiary/aromatic N) is 4. The summed E-state index contributed by atoms with van der Waals surface area (Å²) < 4.78 is 16.3. The first-order valence-corrected chi connectivity index (χ1v) is 20.3. The third-order valence-corrected chi connectivity index (χ3v) is 17.0. The molecule has 4 heterocycles. The van der Waals surface area contributed by atoms with Gasteiger partial charge in [-0.3, -0.25) is 9.78 Å². The molecule has 2 aromatic heterocycles. The Kier molecular flexibility index (Phi) is 8.71. The van der Waals surface area contributed by atoms with E-state index in [1.54, 1.807) is 6.33 Å². The number of fused-ring (bicyclic) bond motifs is 3. The maximum atomic E-state index is 13.6. The van der Waals surface area contributed by atoms with E-state index in [1.807, 2.05) is 24.5 Å². The minimum Gasteiger partial charge on any atom is -0.481 e. The lowest BCUT2D eigenvalue weighted by Gasteiger charge is -2.71. The molecule has 8 rings (SSSR count). The number of carboxylic acids is 1. The van der Waals surface area contributed by atoms with E-state index in [-0.39, 0.29) is 44.8 Å². The molecule has 0 spiro atoms. The van der Waals surface area contributed by atoms with Crippen molar-refractivity contribution in [3.8, 4) is 11.4 Å². The Bertz CT molecular complexity index is 1700. The molecule has 2 aliphatic heterocycles. The van der Waals surface area contributed by atoms with Gasteiger partial charge in [0, 0.05) is 34.3 Å². The summed E-state index contributed by atoms with van der Waals surface area (Å²) >= 11 is 0. The lowest BCUT2D eigenvalue weighted by atomic mass is 9.34. The number of carbonyl (C=O) groups is 1. The van der Waals surface area contributed by atoms with Crippen LogP contribution < -0.4 is 5.32 Å². The molecule has 2 bridgehead atoms. The molecule has 1 unspecified atom stereocenters. The molecule has 0 amide bonds. The van der Waals surface area contributed by atoms with Crippen LogP contribution in [0, 0.1) is 56.7 Å². The summed E-state index contributed by atoms with van der Waals surface area (Å²) in [4.78, 5) is 22.7. The minimum atomic E-state index is -0.612. The molecular formula is C43H63N5O4. The Balaban J connectivity index is 1.24. The molecule has 4 aliphatic carbocycles. The van der Waals surface area contributed by atoms with E-state index in [2.05, 4.69) is 76.4 Å². The number of aromatic nitrogens is 4. The fourth-order valence-corrected chi connectivity index (χ4v) is 13.7. The summed E-state index contributed by atoms with van der Waals surface area (Å²) in [5.74, 6) is 1.28. The van der Waals surface area contributed by atoms with Crippen LogP contribution in [-0.2, 0) is 14.3 Å². The average Bonchev–Trinajstić information content (AvgIpc) is 3.77. The normalized spacial score (nSPS) is 44.7. The van der Waals surface area contributed by atoms with Gasteiger partial charge in [-0.1, -0.05) is 60.1 Å². The highest BCUT2D eigenvalue weighted by Gasteiger charge is 2.72. The number of aliphatic carboxylic acids is 1. The van der Waals surface area contributed by atoms with Gasteiger partial charge in [-0.15, -0.1) is 0 Å². The van der Waals surface area contributed by atoms with Gasteiger partial charge in [0.05, 0.1) is 37.9 Å². The fraction of sp³-hybridized carbons (Fsp3) is 0.767. The molecule has 12 atom stereocenters. The highest BCUT2D eigenvalue weighted by molar-refractivity contribution is 5.73. The Morgan fingerprint density at radius 2 is 1.83 bits per heavy atom. The van der Waals surface area contributed by atoms with Crippen LogP contribution in [0.1, 0.15) is 113 Å². The molecule has 0 radical (unpaired) electrons. The molecule has 5 fully saturated rings. The summed E-state index contributed by atoms with van der Waals surface area (Å²) in [5, 5.41) is 19.9. The lowest BCUT2D eigenvalue weighted by Crippen LogP contribution is -2.69. The van der Waals surface area contributed by atoms with Crippen molar-refractivity contribution in [1.29, 1.82) is 0 Å². The van der Waals surface area contributed by atoms with E-state index in [1.165, 1.54) is 12.0 Å². The number of allylic oxidation sites excluding steroid dienone is 1. The molecule has 6 aliphatic rings. The van der Waals surface area contributed by atoms with Crippen LogP contribution in [0.4, 0.5) is 0 Å². The molecule has 52 heavy (non-hydrogen) atoms. The van der Waals surface area contributed by atoms with Crippen molar-refractivity contribution in [3.63, 3.8) is 0 Å². The van der Waals surface area contributed by atoms with Gasteiger partial charge in [-0.25, -0.2) is 9.67 Å². The van der Waals surface area contributed by atoms with Crippen LogP contribution >= 0.6 is 0 Å². The molecule has 0 aromatic carbocycles. The molecule has 9 nitrogen and oxygen atoms in total. The summed E-state index contributed by atoms with van der Waals surface area (Å²) in [5.41, 5.74) is 1.32. The Morgan fingerprint density at radius 1 is 1.06 bits per heavy atom. The Labute approximate surface area is 311 Å². The van der Waals surface area contributed by atoms with Crippen LogP contribution in [0.15, 0.2) is 42.5 Å². The van der Waals surface area contributed by atoms with Gasteiger partial charge < -0.3 is 19.9 Å². The summed E-state index contributed by atoms with van der Waals surface area (Å²) in [7, 11) is 0. The second-order valence-electron chi connectivity index (χ2n) is 19.7. The smallest absolute Gasteiger partial charge is 0.307 e. The van der Waals surface area contributed by atoms with Crippen LogP contribution in [0.25, 0.3) is 11.4 Å². The zero-order valence-corrected chi connectivity index (χ0v) is 33.0. The number of carboxylic acid groups (broad SMARTS) is 1. The number of ether oxygens (including phenoxy) is 2. The van der Waals surface area contributed by atoms with Crippen LogP contribution in [0.2, 0.25) is 0 Å². The third kappa shape index (κ3) is 5.03. The first kappa shape index (κ1) is 36.4. The number of nitrogens with one attached hydrogen (secondary N) is 1. The molecule has 2 saturated heterocycles. The summed E-state index contributed by atoms with van der Waals surface area (Å²) in [6, 6.07) is 4.00. The van der Waals surface area contributed by atoms with E-state index in [0.717, 1.165) is 62.9 Å². The van der Waals surface area contributed by atoms with Crippen molar-refractivity contribution < 1.29 is 19.4 Å². The maximum absolute atomic E-state index is 13.6. The minimum absolute atomic E-state index is 0.0464. The van der Waals surface area contributed by atoms with Crippen molar-refractivity contribution in [2.24, 2.45) is 56.7 Å². The van der Waals surface area contributed by atoms with E-state index < -0.39 is 11.9 Å². The standard InChI is InChI=1S/C43H63N5O4/c1-27(2)28(3)39(5)17-18-41(7)30-10-11-33-40(6)24-51-25-43(33,31(30)12-16-42(41,8)34(39)37(49)50)22-32(35(40)52-23-38(4)15-9-19-46-38)48-36(45-26-47-48)29-13-20-44-21-14-29/h12-14,20-21,26-28,30,32-35,46H,9-11,15-19,22-25H2,1-8H3,(H,49,50)/t28-,30+,32-,33+,34-,35+,38-,39-,40?,41-,42+,43+/m1/s1. The predicted octanol–water partition coefficient (Wildman–Crippen LogP) is 8.00. The molecule has 284 valence electrons. The van der Waals surface area contributed by atoms with Gasteiger partial charge in [0.1, 0.15) is 6.33 Å². The van der Waals surface area contributed by atoms with Crippen LogP contribution in [0.3, 0.4) is 0 Å². The van der Waals surface area contributed by atoms with Gasteiger partial charge in [0.2, 0.25) is 0 Å². The van der Waals surface area contributed by atoms with Crippen molar-refractivity contribution in [3.05, 3.63) is 42.5 Å². The quantitative estimate of drug-likeness (QED) is 0.265. The number of hydrogen-bond donors (Lipinski definition) is 2. The van der Waals surface area contributed by atoms with E-state index in [9.17, 15) is 9.90 Å². The van der Waals surface area contributed by atoms with E-state index in [4.69, 9.17) is 19.6 Å². The lowest BCUT2D eigenvalue weighted by molar-refractivity contribution is -0.252. The topological polar surface area (TPSA) is 111 Å². The number of hydrogen-bond acceptors (Lipinski definition) is 7. The Hall–Kier alpha value is -2.62. The predicted molar refractivity (Wildman–Crippen MR) is 201 cm³/mol. The Morgan fingerprint density at radius 3 is 2.52 bits per heavy atom. The molecule has 9 heteroatoms.